The van der Waals surface area contributed by atoms with Gasteiger partial charge in [0.05, 0.1) is 6.10 Å². The molecule has 0 aliphatic rings. The van der Waals surface area contributed by atoms with Crippen molar-refractivity contribution < 1.29 is 4.74 Å². The van der Waals surface area contributed by atoms with E-state index in [0.717, 1.165) is 29.3 Å². The van der Waals surface area contributed by atoms with E-state index in [0.29, 0.717) is 0 Å². The van der Waals surface area contributed by atoms with Crippen LogP contribution in [0.1, 0.15) is 46.6 Å². The van der Waals surface area contributed by atoms with Crippen LogP contribution in [-0.2, 0) is 6.54 Å². The van der Waals surface area contributed by atoms with Crippen LogP contribution in [0.3, 0.4) is 0 Å². The topological polar surface area (TPSA) is 21.3 Å². The largest absolute Gasteiger partial charge is 0.491 e. The summed E-state index contributed by atoms with van der Waals surface area (Å²) in [5, 5.41) is 4.27. The quantitative estimate of drug-likeness (QED) is 0.826. The summed E-state index contributed by atoms with van der Waals surface area (Å²) in [5.74, 6) is 0.911. The number of nitrogens with one attached hydrogen (secondary N) is 1. The molecule has 0 unspecified atom stereocenters. The second kappa shape index (κ2) is 6.44. The maximum Gasteiger partial charge on any atom is 0.124 e. The highest BCUT2D eigenvalue weighted by molar-refractivity contribution is 6.30. The smallest absolute Gasteiger partial charge is 0.124 e. The molecule has 3 heteroatoms. The Morgan fingerprint density at radius 2 is 2.00 bits per heavy atom. The van der Waals surface area contributed by atoms with Gasteiger partial charge in [0.1, 0.15) is 5.75 Å². The number of benzene rings is 1. The SMILES string of the molecule is CCC(C)(C)NCc1cc(Cl)ccc1OC(C)C. The first-order valence-corrected chi connectivity index (χ1v) is 6.92. The maximum absolute atomic E-state index is 6.05. The van der Waals surface area contributed by atoms with Crippen molar-refractivity contribution in [3.63, 3.8) is 0 Å². The third kappa shape index (κ3) is 4.87. The molecule has 0 bridgehead atoms. The van der Waals surface area contributed by atoms with E-state index in [1.807, 2.05) is 32.0 Å². The first-order chi connectivity index (χ1) is 8.34. The van der Waals surface area contributed by atoms with Crippen LogP contribution >= 0.6 is 11.6 Å². The van der Waals surface area contributed by atoms with Crippen LogP contribution in [-0.4, -0.2) is 11.6 Å². The van der Waals surface area contributed by atoms with E-state index >= 15 is 0 Å². The average Bonchev–Trinajstić information content (AvgIpc) is 2.29. The summed E-state index contributed by atoms with van der Waals surface area (Å²) < 4.78 is 5.80. The van der Waals surface area contributed by atoms with Crippen molar-refractivity contribution in [1.82, 2.24) is 5.32 Å². The summed E-state index contributed by atoms with van der Waals surface area (Å²) in [6.45, 7) is 11.4. The molecule has 0 atom stereocenters. The van der Waals surface area contributed by atoms with E-state index in [4.69, 9.17) is 16.3 Å². The Bertz CT molecular complexity index is 388. The molecule has 1 aromatic carbocycles. The summed E-state index contributed by atoms with van der Waals surface area (Å²) in [6, 6.07) is 5.78. The second-order valence-corrected chi connectivity index (χ2v) is 5.95. The molecular weight excluding hydrogens is 246 g/mol. The van der Waals surface area contributed by atoms with Crippen LogP contribution in [0.25, 0.3) is 0 Å². The molecule has 0 spiro atoms. The Hall–Kier alpha value is -0.730. The lowest BCUT2D eigenvalue weighted by Gasteiger charge is -2.25. The van der Waals surface area contributed by atoms with E-state index in [1.165, 1.54) is 0 Å². The molecule has 2 nitrogen and oxygen atoms in total. The lowest BCUT2D eigenvalue weighted by atomic mass is 10.0. The van der Waals surface area contributed by atoms with Crippen LogP contribution in [0.4, 0.5) is 0 Å². The predicted octanol–water partition coefficient (Wildman–Crippen LogP) is 4.41. The Kier molecular flexibility index (Phi) is 5.48. The molecule has 1 aromatic rings. The van der Waals surface area contributed by atoms with Gasteiger partial charge in [0.15, 0.2) is 0 Å². The van der Waals surface area contributed by atoms with Crippen molar-refractivity contribution in [3.8, 4) is 5.75 Å². The summed E-state index contributed by atoms with van der Waals surface area (Å²) in [7, 11) is 0. The molecule has 102 valence electrons. The first kappa shape index (κ1) is 15.3. The highest BCUT2D eigenvalue weighted by Gasteiger charge is 2.15. The van der Waals surface area contributed by atoms with Crippen molar-refractivity contribution >= 4 is 11.6 Å². The van der Waals surface area contributed by atoms with Gasteiger partial charge in [0, 0.05) is 22.7 Å². The molecule has 0 aliphatic carbocycles. The zero-order valence-electron chi connectivity index (χ0n) is 12.0. The molecule has 0 fully saturated rings. The van der Waals surface area contributed by atoms with Gasteiger partial charge in [-0.3, -0.25) is 0 Å². The van der Waals surface area contributed by atoms with Crippen LogP contribution < -0.4 is 10.1 Å². The normalized spacial score (nSPS) is 11.9. The van der Waals surface area contributed by atoms with Crippen LogP contribution in [0.5, 0.6) is 5.75 Å². The highest BCUT2D eigenvalue weighted by atomic mass is 35.5. The van der Waals surface area contributed by atoms with E-state index in [2.05, 4.69) is 26.1 Å². The van der Waals surface area contributed by atoms with Crippen molar-refractivity contribution in [2.45, 2.75) is 59.2 Å². The van der Waals surface area contributed by atoms with Gasteiger partial charge >= 0.3 is 0 Å². The minimum atomic E-state index is 0.122. The number of rotatable bonds is 6. The predicted molar refractivity (Wildman–Crippen MR) is 78.4 cm³/mol. The fraction of sp³-hybridized carbons (Fsp3) is 0.600. The van der Waals surface area contributed by atoms with Crippen LogP contribution in [0, 0.1) is 0 Å². The number of ether oxygens (including phenoxy) is 1. The number of hydrogen-bond acceptors (Lipinski definition) is 2. The number of hydrogen-bond donors (Lipinski definition) is 1. The molecule has 0 saturated carbocycles. The zero-order chi connectivity index (χ0) is 13.8. The molecule has 1 rings (SSSR count). The Morgan fingerprint density at radius 1 is 1.33 bits per heavy atom. The number of halogens is 1. The van der Waals surface area contributed by atoms with Gasteiger partial charge in [-0.2, -0.15) is 0 Å². The zero-order valence-corrected chi connectivity index (χ0v) is 12.8. The van der Waals surface area contributed by atoms with Gasteiger partial charge in [0.25, 0.3) is 0 Å². The molecule has 0 amide bonds. The van der Waals surface area contributed by atoms with Gasteiger partial charge in [-0.05, 0) is 52.3 Å². The van der Waals surface area contributed by atoms with Crippen LogP contribution in [0.2, 0.25) is 5.02 Å². The second-order valence-electron chi connectivity index (χ2n) is 5.51. The molecule has 0 aromatic heterocycles. The third-order valence-electron chi connectivity index (χ3n) is 3.03. The van der Waals surface area contributed by atoms with Crippen molar-refractivity contribution in [1.29, 1.82) is 0 Å². The summed E-state index contributed by atoms with van der Waals surface area (Å²) in [6.07, 6.45) is 1.25. The fourth-order valence-corrected chi connectivity index (χ4v) is 1.71. The Labute approximate surface area is 116 Å². The van der Waals surface area contributed by atoms with Gasteiger partial charge in [-0.15, -0.1) is 0 Å². The highest BCUT2D eigenvalue weighted by Crippen LogP contribution is 2.24. The minimum absolute atomic E-state index is 0.122. The fourth-order valence-electron chi connectivity index (χ4n) is 1.51. The molecule has 18 heavy (non-hydrogen) atoms. The van der Waals surface area contributed by atoms with E-state index in [1.54, 1.807) is 0 Å². The van der Waals surface area contributed by atoms with E-state index < -0.39 is 0 Å². The molecule has 0 saturated heterocycles. The molecular formula is C15H24ClNO. The van der Waals surface area contributed by atoms with Gasteiger partial charge < -0.3 is 10.1 Å². The Morgan fingerprint density at radius 3 is 2.56 bits per heavy atom. The van der Waals surface area contributed by atoms with Gasteiger partial charge in [0.2, 0.25) is 0 Å². The first-order valence-electron chi connectivity index (χ1n) is 6.54. The lowest BCUT2D eigenvalue weighted by molar-refractivity contribution is 0.238. The van der Waals surface area contributed by atoms with E-state index in [9.17, 15) is 0 Å². The van der Waals surface area contributed by atoms with Gasteiger partial charge in [-0.25, -0.2) is 0 Å². The molecule has 0 aliphatic heterocycles. The van der Waals surface area contributed by atoms with Crippen molar-refractivity contribution in [3.05, 3.63) is 28.8 Å². The molecule has 1 N–H and O–H groups in total. The summed E-state index contributed by atoms with van der Waals surface area (Å²) in [5.41, 5.74) is 1.23. The monoisotopic (exact) mass is 269 g/mol. The van der Waals surface area contributed by atoms with Gasteiger partial charge in [-0.1, -0.05) is 18.5 Å². The van der Waals surface area contributed by atoms with Crippen molar-refractivity contribution in [2.24, 2.45) is 0 Å². The lowest BCUT2D eigenvalue weighted by Crippen LogP contribution is -2.37. The summed E-state index contributed by atoms with van der Waals surface area (Å²) >= 11 is 6.05. The van der Waals surface area contributed by atoms with Crippen LogP contribution in [0.15, 0.2) is 18.2 Å². The molecule has 0 heterocycles. The minimum Gasteiger partial charge on any atom is -0.491 e. The maximum atomic E-state index is 6.05. The summed E-state index contributed by atoms with van der Waals surface area (Å²) in [4.78, 5) is 0. The Balaban J connectivity index is 2.82. The molecule has 0 radical (unpaired) electrons. The average molecular weight is 270 g/mol. The van der Waals surface area contributed by atoms with E-state index in [-0.39, 0.29) is 11.6 Å². The standard InChI is InChI=1S/C15H24ClNO/c1-6-15(4,5)17-10-12-9-13(16)7-8-14(12)18-11(2)3/h7-9,11,17H,6,10H2,1-5H3. The third-order valence-corrected chi connectivity index (χ3v) is 3.26. The van der Waals surface area contributed by atoms with Crippen molar-refractivity contribution in [2.75, 3.05) is 0 Å².